The van der Waals surface area contributed by atoms with E-state index in [2.05, 4.69) is 4.98 Å². The summed E-state index contributed by atoms with van der Waals surface area (Å²) in [6.07, 6.45) is 1.12. The summed E-state index contributed by atoms with van der Waals surface area (Å²) in [4.78, 5) is 4.24. The van der Waals surface area contributed by atoms with Crippen LogP contribution >= 0.6 is 0 Å². The van der Waals surface area contributed by atoms with Gasteiger partial charge in [-0.05, 0) is 13.8 Å². The van der Waals surface area contributed by atoms with Crippen LogP contribution in [0.3, 0.4) is 0 Å². The van der Waals surface area contributed by atoms with E-state index in [1.165, 1.54) is 0 Å². The van der Waals surface area contributed by atoms with Crippen LogP contribution in [-0.2, 0) is 11.3 Å². The lowest BCUT2D eigenvalue weighted by atomic mass is 10.0. The Balaban J connectivity index is 2.52. The third-order valence-corrected chi connectivity index (χ3v) is 2.71. The molecule has 1 aromatic heterocycles. The van der Waals surface area contributed by atoms with Crippen molar-refractivity contribution < 1.29 is 14.6 Å². The van der Waals surface area contributed by atoms with Gasteiger partial charge in [0.15, 0.2) is 0 Å². The van der Waals surface area contributed by atoms with Gasteiger partial charge in [-0.15, -0.1) is 0 Å². The van der Waals surface area contributed by atoms with Crippen LogP contribution in [0.4, 0.5) is 0 Å². The van der Waals surface area contributed by atoms with Crippen molar-refractivity contribution in [3.63, 3.8) is 0 Å². The maximum Gasteiger partial charge on any atom is 0.205 e. The van der Waals surface area contributed by atoms with Crippen molar-refractivity contribution in [2.75, 3.05) is 0 Å². The van der Waals surface area contributed by atoms with E-state index in [9.17, 15) is 5.11 Å². The van der Waals surface area contributed by atoms with E-state index in [1.807, 2.05) is 20.8 Å². The minimum Gasteiger partial charge on any atom is -0.461 e. The lowest BCUT2D eigenvalue weighted by molar-refractivity contribution is -0.181. The number of aryl methyl sites for hydroxylation is 1. The van der Waals surface area contributed by atoms with E-state index in [4.69, 9.17) is 9.47 Å². The predicted molar refractivity (Wildman–Crippen MR) is 59.1 cm³/mol. The normalized spacial score (nSPS) is 19.8. The highest BCUT2D eigenvalue weighted by atomic mass is 16.7. The van der Waals surface area contributed by atoms with Gasteiger partial charge >= 0.3 is 0 Å². The van der Waals surface area contributed by atoms with Crippen molar-refractivity contribution in [3.8, 4) is 5.75 Å². The molecule has 4 nitrogen and oxygen atoms in total. The first kappa shape index (κ1) is 11.4. The van der Waals surface area contributed by atoms with Gasteiger partial charge in [-0.3, -0.25) is 4.98 Å². The van der Waals surface area contributed by atoms with Gasteiger partial charge in [-0.1, -0.05) is 0 Å². The van der Waals surface area contributed by atoms with Crippen LogP contribution < -0.4 is 4.74 Å². The second-order valence-corrected chi connectivity index (χ2v) is 4.57. The maximum absolute atomic E-state index is 9.65. The van der Waals surface area contributed by atoms with Gasteiger partial charge in [-0.25, -0.2) is 0 Å². The zero-order valence-electron chi connectivity index (χ0n) is 10.1. The average Bonchev–Trinajstić information content (AvgIpc) is 2.18. The van der Waals surface area contributed by atoms with Crippen LogP contribution in [0.2, 0.25) is 0 Å². The molecule has 1 aliphatic rings. The van der Waals surface area contributed by atoms with E-state index in [-0.39, 0.29) is 0 Å². The molecule has 0 aliphatic carbocycles. The summed E-state index contributed by atoms with van der Waals surface area (Å²) in [7, 11) is 0. The van der Waals surface area contributed by atoms with Crippen LogP contribution in [-0.4, -0.2) is 15.9 Å². The van der Waals surface area contributed by atoms with Crippen LogP contribution in [0.5, 0.6) is 5.75 Å². The van der Waals surface area contributed by atoms with Gasteiger partial charge in [0.05, 0.1) is 18.4 Å². The number of ether oxygens (including phenoxy) is 2. The lowest BCUT2D eigenvalue weighted by Gasteiger charge is -2.34. The molecule has 1 aliphatic heterocycles. The van der Waals surface area contributed by atoms with Crippen molar-refractivity contribution in [1.82, 2.24) is 4.98 Å². The number of nitrogens with zero attached hydrogens (tertiary/aromatic N) is 1. The quantitative estimate of drug-likeness (QED) is 0.792. The molecule has 0 saturated carbocycles. The van der Waals surface area contributed by atoms with Gasteiger partial charge in [0.2, 0.25) is 5.79 Å². The van der Waals surface area contributed by atoms with Gasteiger partial charge in [0.25, 0.3) is 0 Å². The molecule has 0 bridgehead atoms. The number of rotatable bonds is 1. The molecule has 16 heavy (non-hydrogen) atoms. The molecule has 0 amide bonds. The fourth-order valence-corrected chi connectivity index (χ4v) is 1.82. The van der Waals surface area contributed by atoms with E-state index >= 15 is 0 Å². The van der Waals surface area contributed by atoms with Crippen molar-refractivity contribution >= 4 is 0 Å². The molecule has 0 aromatic carbocycles. The fourth-order valence-electron chi connectivity index (χ4n) is 1.82. The second-order valence-electron chi connectivity index (χ2n) is 4.57. The summed E-state index contributed by atoms with van der Waals surface area (Å²) >= 11 is 0. The molecule has 0 saturated heterocycles. The SMILES string of the molecule is Cc1ncc(C(C)O)c2c1OC(C)(C)OC2. The lowest BCUT2D eigenvalue weighted by Crippen LogP contribution is -2.36. The van der Waals surface area contributed by atoms with E-state index in [1.54, 1.807) is 13.1 Å². The predicted octanol–water partition coefficient (Wildman–Crippen LogP) is 2.09. The Kier molecular flexibility index (Phi) is 2.64. The summed E-state index contributed by atoms with van der Waals surface area (Å²) in [6.45, 7) is 7.79. The van der Waals surface area contributed by atoms with Gasteiger partial charge in [0.1, 0.15) is 5.75 Å². The topological polar surface area (TPSA) is 51.6 Å². The zero-order valence-corrected chi connectivity index (χ0v) is 10.1. The molecule has 1 atom stereocenters. The Morgan fingerprint density at radius 3 is 2.81 bits per heavy atom. The highest BCUT2D eigenvalue weighted by Gasteiger charge is 2.31. The molecule has 2 rings (SSSR count). The molecule has 0 radical (unpaired) electrons. The molecular weight excluding hydrogens is 206 g/mol. The minimum atomic E-state index is -0.628. The Hall–Kier alpha value is -1.13. The Morgan fingerprint density at radius 2 is 2.19 bits per heavy atom. The van der Waals surface area contributed by atoms with E-state index < -0.39 is 11.9 Å². The van der Waals surface area contributed by atoms with E-state index in [0.29, 0.717) is 6.61 Å². The molecule has 4 heteroatoms. The third-order valence-electron chi connectivity index (χ3n) is 2.71. The summed E-state index contributed by atoms with van der Waals surface area (Å²) < 4.78 is 11.3. The Bertz CT molecular complexity index is 413. The maximum atomic E-state index is 9.65. The standard InChI is InChI=1S/C12H17NO3/c1-7-11-10(6-15-12(3,4)16-11)9(5-13-7)8(2)14/h5,8,14H,6H2,1-4H3. The molecular formula is C12H17NO3. The Morgan fingerprint density at radius 1 is 1.50 bits per heavy atom. The van der Waals surface area contributed by atoms with Gasteiger partial charge in [0, 0.05) is 31.2 Å². The second kappa shape index (κ2) is 3.71. The first-order valence-corrected chi connectivity index (χ1v) is 5.40. The number of aliphatic hydroxyl groups is 1. The van der Waals surface area contributed by atoms with E-state index in [0.717, 1.165) is 22.6 Å². The molecule has 1 N–H and O–H groups in total. The highest BCUT2D eigenvalue weighted by Crippen LogP contribution is 2.36. The minimum absolute atomic E-state index is 0.450. The summed E-state index contributed by atoms with van der Waals surface area (Å²) in [5.74, 6) is 0.117. The highest BCUT2D eigenvalue weighted by molar-refractivity contribution is 5.43. The van der Waals surface area contributed by atoms with Gasteiger partial charge < -0.3 is 14.6 Å². The summed E-state index contributed by atoms with van der Waals surface area (Å²) in [5.41, 5.74) is 2.51. The first-order valence-electron chi connectivity index (χ1n) is 5.40. The molecule has 88 valence electrons. The molecule has 0 fully saturated rings. The monoisotopic (exact) mass is 223 g/mol. The molecule has 1 unspecified atom stereocenters. The van der Waals surface area contributed by atoms with Crippen molar-refractivity contribution in [1.29, 1.82) is 0 Å². The summed E-state index contributed by atoms with van der Waals surface area (Å²) in [5, 5.41) is 9.65. The van der Waals surface area contributed by atoms with Gasteiger partial charge in [-0.2, -0.15) is 0 Å². The first-order chi connectivity index (χ1) is 7.41. The number of aliphatic hydroxyl groups excluding tert-OH is 1. The fraction of sp³-hybridized carbons (Fsp3) is 0.583. The molecule has 0 spiro atoms. The van der Waals surface area contributed by atoms with Crippen molar-refractivity contribution in [2.24, 2.45) is 0 Å². The average molecular weight is 223 g/mol. The largest absolute Gasteiger partial charge is 0.461 e. The number of pyridine rings is 1. The third kappa shape index (κ3) is 1.90. The van der Waals surface area contributed by atoms with Crippen LogP contribution in [0.25, 0.3) is 0 Å². The zero-order chi connectivity index (χ0) is 11.9. The van der Waals surface area contributed by atoms with Crippen molar-refractivity contribution in [3.05, 3.63) is 23.0 Å². The van der Waals surface area contributed by atoms with Crippen LogP contribution in [0, 0.1) is 6.92 Å². The van der Waals surface area contributed by atoms with Crippen LogP contribution in [0.15, 0.2) is 6.20 Å². The van der Waals surface area contributed by atoms with Crippen molar-refractivity contribution in [2.45, 2.75) is 46.2 Å². The summed E-state index contributed by atoms with van der Waals surface area (Å²) in [6, 6.07) is 0. The van der Waals surface area contributed by atoms with Crippen LogP contribution in [0.1, 0.15) is 43.7 Å². The number of fused-ring (bicyclic) bond motifs is 1. The molecule has 2 heterocycles. The number of hydrogen-bond acceptors (Lipinski definition) is 4. The number of hydrogen-bond donors (Lipinski definition) is 1. The molecule has 1 aromatic rings. The smallest absolute Gasteiger partial charge is 0.205 e. The Labute approximate surface area is 95.2 Å². The number of aromatic nitrogens is 1.